The second kappa shape index (κ2) is 15.2. The first-order chi connectivity index (χ1) is 23.7. The van der Waals surface area contributed by atoms with Crippen LogP contribution in [0.5, 0.6) is 17.2 Å². The Balaban J connectivity index is 1.51. The molecule has 0 aliphatic carbocycles. The van der Waals surface area contributed by atoms with Gasteiger partial charge in [-0.1, -0.05) is 77.5 Å². The number of aromatic nitrogens is 1. The van der Waals surface area contributed by atoms with Crippen LogP contribution in [0.3, 0.4) is 0 Å². The van der Waals surface area contributed by atoms with E-state index >= 15 is 0 Å². The van der Waals surface area contributed by atoms with Crippen LogP contribution in [0, 0.1) is 0 Å². The van der Waals surface area contributed by atoms with Crippen molar-refractivity contribution in [3.8, 4) is 17.2 Å². The average Bonchev–Trinajstić information content (AvgIpc) is 3.41. The van der Waals surface area contributed by atoms with E-state index in [-0.39, 0.29) is 24.3 Å². The van der Waals surface area contributed by atoms with Gasteiger partial charge in [0.05, 0.1) is 51.6 Å². The molecule has 8 nitrogen and oxygen atoms in total. The molecule has 0 N–H and O–H groups in total. The third kappa shape index (κ3) is 7.12. The molecule has 2 heterocycles. The molecule has 5 aromatic rings. The molecule has 6 rings (SSSR count). The van der Waals surface area contributed by atoms with E-state index in [4.69, 9.17) is 35.5 Å². The summed E-state index contributed by atoms with van der Waals surface area (Å²) >= 11 is 14.8. The average molecular weight is 825 g/mol. The van der Waals surface area contributed by atoms with Crippen molar-refractivity contribution in [3.05, 3.63) is 146 Å². The van der Waals surface area contributed by atoms with Crippen LogP contribution in [0.25, 0.3) is 11.8 Å². The molecule has 0 fully saturated rings. The molecule has 250 valence electrons. The molecule has 1 aromatic heterocycles. The van der Waals surface area contributed by atoms with Crippen LogP contribution >= 0.6 is 54.8 Å². The van der Waals surface area contributed by atoms with Crippen molar-refractivity contribution in [2.45, 2.75) is 19.6 Å². The number of esters is 1. The monoisotopic (exact) mass is 822 g/mol. The standard InChI is InChI=1S/C37H29Br2ClN2O6S/c1-4-47-36(44)31-32(22-10-6-5-7-11-22)41-37-42(33(31)23-14-15-28(45-2)29(19-23)46-3)35(43)30(49-37)18-21-16-25(38)34(26(39)17-21)48-20-24-12-8-9-13-27(24)40/h5-19,33H,4,20H2,1-3H3/b30-18-/t33-/m1/s1. The van der Waals surface area contributed by atoms with Gasteiger partial charge in [-0.15, -0.1) is 0 Å². The van der Waals surface area contributed by atoms with Gasteiger partial charge in [-0.25, -0.2) is 9.79 Å². The van der Waals surface area contributed by atoms with Gasteiger partial charge in [0, 0.05) is 16.1 Å². The number of carbonyl (C=O) groups excluding carboxylic acids is 1. The van der Waals surface area contributed by atoms with Gasteiger partial charge >= 0.3 is 5.97 Å². The van der Waals surface area contributed by atoms with Crippen molar-refractivity contribution in [3.63, 3.8) is 0 Å². The van der Waals surface area contributed by atoms with E-state index in [1.54, 1.807) is 36.8 Å². The van der Waals surface area contributed by atoms with Gasteiger partial charge < -0.3 is 18.9 Å². The van der Waals surface area contributed by atoms with Gasteiger partial charge in [0.15, 0.2) is 16.3 Å². The summed E-state index contributed by atoms with van der Waals surface area (Å²) in [4.78, 5) is 33.5. The normalized spacial score (nSPS) is 14.2. The van der Waals surface area contributed by atoms with E-state index in [1.807, 2.05) is 72.8 Å². The van der Waals surface area contributed by atoms with Crippen molar-refractivity contribution in [2.75, 3.05) is 20.8 Å². The summed E-state index contributed by atoms with van der Waals surface area (Å²) in [5, 5.41) is 0.620. The minimum Gasteiger partial charge on any atom is -0.493 e. The van der Waals surface area contributed by atoms with Crippen molar-refractivity contribution >= 4 is 72.5 Å². The maximum atomic E-state index is 14.4. The maximum Gasteiger partial charge on any atom is 0.338 e. The second-order valence-corrected chi connectivity index (χ2v) is 13.9. The molecule has 0 unspecified atom stereocenters. The molecule has 49 heavy (non-hydrogen) atoms. The largest absolute Gasteiger partial charge is 0.493 e. The zero-order chi connectivity index (χ0) is 34.7. The number of benzene rings is 4. The third-order valence-corrected chi connectivity index (χ3v) is 10.3. The Morgan fingerprint density at radius 1 is 0.959 bits per heavy atom. The molecule has 1 aliphatic heterocycles. The fraction of sp³-hybridized carbons (Fsp3) is 0.162. The van der Waals surface area contributed by atoms with Crippen molar-refractivity contribution in [2.24, 2.45) is 4.99 Å². The van der Waals surface area contributed by atoms with Gasteiger partial charge in [-0.05, 0) is 86.3 Å². The SMILES string of the molecule is CCOC(=O)C1=C(c2ccccc2)N=c2s/c(=C\c3cc(Br)c(OCc4ccccc4Cl)c(Br)c3)c(=O)n2[C@@H]1c1ccc(OC)c(OC)c1. The number of fused-ring (bicyclic) bond motifs is 1. The number of hydrogen-bond donors (Lipinski definition) is 0. The van der Waals surface area contributed by atoms with E-state index in [0.29, 0.717) is 57.4 Å². The molecule has 0 amide bonds. The van der Waals surface area contributed by atoms with Gasteiger partial charge in [0.25, 0.3) is 5.56 Å². The van der Waals surface area contributed by atoms with Crippen LogP contribution in [-0.2, 0) is 16.1 Å². The quantitative estimate of drug-likeness (QED) is 0.134. The van der Waals surface area contributed by atoms with E-state index < -0.39 is 12.0 Å². The summed E-state index contributed by atoms with van der Waals surface area (Å²) in [5.74, 6) is 0.993. The molecule has 1 atom stereocenters. The van der Waals surface area contributed by atoms with Crippen molar-refractivity contribution < 1.29 is 23.7 Å². The molecule has 0 spiro atoms. The number of carbonyl (C=O) groups is 1. The van der Waals surface area contributed by atoms with E-state index in [0.717, 1.165) is 11.1 Å². The van der Waals surface area contributed by atoms with E-state index in [9.17, 15) is 9.59 Å². The van der Waals surface area contributed by atoms with Crippen LogP contribution < -0.4 is 29.1 Å². The molecule has 0 bridgehead atoms. The Morgan fingerprint density at radius 2 is 1.65 bits per heavy atom. The maximum absolute atomic E-state index is 14.4. The number of rotatable bonds is 10. The van der Waals surface area contributed by atoms with Gasteiger partial charge in [0.2, 0.25) is 0 Å². The summed E-state index contributed by atoms with van der Waals surface area (Å²) in [6.07, 6.45) is 1.79. The summed E-state index contributed by atoms with van der Waals surface area (Å²) in [7, 11) is 3.08. The number of hydrogen-bond acceptors (Lipinski definition) is 8. The van der Waals surface area contributed by atoms with Gasteiger partial charge in [-0.3, -0.25) is 9.36 Å². The predicted octanol–water partition coefficient (Wildman–Crippen LogP) is 7.71. The number of halogens is 3. The van der Waals surface area contributed by atoms with Crippen molar-refractivity contribution in [1.29, 1.82) is 0 Å². The van der Waals surface area contributed by atoms with Crippen LogP contribution in [0.1, 0.15) is 35.2 Å². The summed E-state index contributed by atoms with van der Waals surface area (Å²) < 4.78 is 26.1. The summed E-state index contributed by atoms with van der Waals surface area (Å²) in [5.41, 5.74) is 3.29. The lowest BCUT2D eigenvalue weighted by Crippen LogP contribution is -2.40. The van der Waals surface area contributed by atoms with E-state index in [1.165, 1.54) is 18.4 Å². The lowest BCUT2D eigenvalue weighted by Gasteiger charge is -2.26. The topological polar surface area (TPSA) is 88.4 Å². The molecule has 0 radical (unpaired) electrons. The van der Waals surface area contributed by atoms with Crippen LogP contribution in [0.2, 0.25) is 5.02 Å². The third-order valence-electron chi connectivity index (χ3n) is 7.75. The smallest absolute Gasteiger partial charge is 0.338 e. The molecule has 0 saturated heterocycles. The summed E-state index contributed by atoms with van der Waals surface area (Å²) in [6.45, 7) is 2.16. The number of nitrogens with zero attached hydrogens (tertiary/aromatic N) is 2. The van der Waals surface area contributed by atoms with Crippen LogP contribution in [0.4, 0.5) is 0 Å². The molecular formula is C37H29Br2ClN2O6S. The fourth-order valence-corrected chi connectivity index (χ4v) is 8.14. The number of thiazole rings is 1. The highest BCUT2D eigenvalue weighted by Gasteiger charge is 2.35. The van der Waals surface area contributed by atoms with Crippen molar-refractivity contribution in [1.82, 2.24) is 4.57 Å². The first-order valence-corrected chi connectivity index (χ1v) is 17.9. The first kappa shape index (κ1) is 34.7. The minimum absolute atomic E-state index is 0.148. The number of ether oxygens (including phenoxy) is 4. The number of methoxy groups -OCH3 is 2. The lowest BCUT2D eigenvalue weighted by atomic mass is 9.93. The zero-order valence-corrected chi connectivity index (χ0v) is 31.3. The van der Waals surface area contributed by atoms with Gasteiger partial charge in [0.1, 0.15) is 12.4 Å². The minimum atomic E-state index is -0.869. The highest BCUT2D eigenvalue weighted by atomic mass is 79.9. The predicted molar refractivity (Wildman–Crippen MR) is 198 cm³/mol. The Kier molecular flexibility index (Phi) is 10.7. The van der Waals surface area contributed by atoms with Crippen LogP contribution in [0.15, 0.2) is 109 Å². The van der Waals surface area contributed by atoms with Gasteiger partial charge in [-0.2, -0.15) is 0 Å². The highest BCUT2D eigenvalue weighted by molar-refractivity contribution is 9.11. The van der Waals surface area contributed by atoms with Crippen LogP contribution in [-0.4, -0.2) is 31.4 Å². The molecule has 12 heteroatoms. The van der Waals surface area contributed by atoms with E-state index in [2.05, 4.69) is 31.9 Å². The zero-order valence-electron chi connectivity index (χ0n) is 26.5. The molecule has 1 aliphatic rings. The lowest BCUT2D eigenvalue weighted by molar-refractivity contribution is -0.138. The Labute approximate surface area is 308 Å². The highest BCUT2D eigenvalue weighted by Crippen LogP contribution is 2.39. The Hall–Kier alpha value is -4.16. The fourth-order valence-electron chi connectivity index (χ4n) is 5.50. The molecule has 0 saturated carbocycles. The summed E-state index contributed by atoms with van der Waals surface area (Å²) in [6, 6.07) is 25.1. The molecule has 4 aromatic carbocycles. The molecular weight excluding hydrogens is 796 g/mol. The first-order valence-electron chi connectivity index (χ1n) is 15.1. The second-order valence-electron chi connectivity index (χ2n) is 10.7. The Bertz CT molecular complexity index is 2250. The Morgan fingerprint density at radius 3 is 2.33 bits per heavy atom.